The molecule has 0 radical (unpaired) electrons. The van der Waals surface area contributed by atoms with Crippen molar-refractivity contribution in [2.75, 3.05) is 24.6 Å². The van der Waals surface area contributed by atoms with Gasteiger partial charge < -0.3 is 10.6 Å². The number of hydrogen-bond donors (Lipinski definition) is 2. The summed E-state index contributed by atoms with van der Waals surface area (Å²) in [6.07, 6.45) is 0.578. The van der Waals surface area contributed by atoms with Crippen LogP contribution in [-0.4, -0.2) is 36.5 Å². The molecule has 0 aromatic rings. The zero-order valence-electron chi connectivity index (χ0n) is 9.43. The molecule has 0 aromatic heterocycles. The molecule has 1 amide bonds. The first-order valence-corrected chi connectivity index (χ1v) is 6.44. The van der Waals surface area contributed by atoms with Gasteiger partial charge in [-0.05, 0) is 19.6 Å². The van der Waals surface area contributed by atoms with Crippen LogP contribution < -0.4 is 10.6 Å². The van der Waals surface area contributed by atoms with Gasteiger partial charge in [0.25, 0.3) is 0 Å². The molecule has 0 saturated heterocycles. The molecule has 2 N–H and O–H groups in total. The Kier molecular flexibility index (Phi) is 9.19. The SMILES string of the molecule is CCNC(=O)CCNC(C)CSCC. The Labute approximate surface area is 91.4 Å². The standard InChI is InChI=1S/C10H22N2OS/c1-4-11-10(13)6-7-12-9(3)8-14-5-2/h9,12H,4-8H2,1-3H3,(H,11,13). The van der Waals surface area contributed by atoms with Gasteiger partial charge in [-0.3, -0.25) is 4.79 Å². The lowest BCUT2D eigenvalue weighted by Crippen LogP contribution is -2.33. The Bertz CT molecular complexity index is 153. The highest BCUT2D eigenvalue weighted by Crippen LogP contribution is 2.00. The van der Waals surface area contributed by atoms with Gasteiger partial charge in [-0.25, -0.2) is 0 Å². The van der Waals surface area contributed by atoms with Crippen molar-refractivity contribution in [2.45, 2.75) is 33.2 Å². The van der Waals surface area contributed by atoms with Crippen molar-refractivity contribution in [1.82, 2.24) is 10.6 Å². The second-order valence-electron chi connectivity index (χ2n) is 3.22. The molecule has 0 bridgehead atoms. The van der Waals surface area contributed by atoms with Crippen LogP contribution in [0.15, 0.2) is 0 Å². The second-order valence-corrected chi connectivity index (χ2v) is 4.54. The van der Waals surface area contributed by atoms with Crippen molar-refractivity contribution in [3.63, 3.8) is 0 Å². The van der Waals surface area contributed by atoms with Gasteiger partial charge in [0.1, 0.15) is 0 Å². The Balaban J connectivity index is 3.29. The van der Waals surface area contributed by atoms with Crippen LogP contribution in [0.4, 0.5) is 0 Å². The number of nitrogens with one attached hydrogen (secondary N) is 2. The van der Waals surface area contributed by atoms with Gasteiger partial charge in [-0.15, -0.1) is 0 Å². The first-order valence-electron chi connectivity index (χ1n) is 5.28. The zero-order chi connectivity index (χ0) is 10.8. The first kappa shape index (κ1) is 13.8. The van der Waals surface area contributed by atoms with Gasteiger partial charge in [0, 0.05) is 31.3 Å². The third-order valence-electron chi connectivity index (χ3n) is 1.79. The predicted molar refractivity (Wildman–Crippen MR) is 63.8 cm³/mol. The average molecular weight is 218 g/mol. The molecule has 0 aliphatic rings. The van der Waals surface area contributed by atoms with E-state index in [4.69, 9.17) is 0 Å². The van der Waals surface area contributed by atoms with E-state index in [-0.39, 0.29) is 5.91 Å². The molecule has 3 nitrogen and oxygen atoms in total. The quantitative estimate of drug-likeness (QED) is 0.644. The van der Waals surface area contributed by atoms with Crippen LogP contribution in [0, 0.1) is 0 Å². The van der Waals surface area contributed by atoms with E-state index in [9.17, 15) is 4.79 Å². The van der Waals surface area contributed by atoms with Crippen molar-refractivity contribution < 1.29 is 4.79 Å². The van der Waals surface area contributed by atoms with E-state index in [2.05, 4.69) is 24.5 Å². The monoisotopic (exact) mass is 218 g/mol. The number of carbonyl (C=O) groups is 1. The minimum Gasteiger partial charge on any atom is -0.356 e. The molecular formula is C10H22N2OS. The van der Waals surface area contributed by atoms with Crippen LogP contribution in [0.25, 0.3) is 0 Å². The molecule has 0 heterocycles. The lowest BCUT2D eigenvalue weighted by atomic mass is 10.3. The zero-order valence-corrected chi connectivity index (χ0v) is 10.2. The summed E-state index contributed by atoms with van der Waals surface area (Å²) in [6, 6.07) is 0.495. The van der Waals surface area contributed by atoms with E-state index >= 15 is 0 Å². The Hall–Kier alpha value is -0.220. The van der Waals surface area contributed by atoms with E-state index < -0.39 is 0 Å². The second kappa shape index (κ2) is 9.34. The minimum atomic E-state index is 0.135. The minimum absolute atomic E-state index is 0.135. The van der Waals surface area contributed by atoms with Crippen molar-refractivity contribution >= 4 is 17.7 Å². The molecule has 84 valence electrons. The van der Waals surface area contributed by atoms with Crippen LogP contribution in [0.3, 0.4) is 0 Å². The summed E-state index contributed by atoms with van der Waals surface area (Å²) in [4.78, 5) is 11.1. The van der Waals surface area contributed by atoms with Gasteiger partial charge in [-0.1, -0.05) is 6.92 Å². The molecule has 0 fully saturated rings. The molecule has 0 spiro atoms. The molecule has 14 heavy (non-hydrogen) atoms. The fraction of sp³-hybridized carbons (Fsp3) is 0.900. The third-order valence-corrected chi connectivity index (χ3v) is 2.93. The van der Waals surface area contributed by atoms with Crippen LogP contribution in [-0.2, 0) is 4.79 Å². The Morgan fingerprint density at radius 2 is 2.14 bits per heavy atom. The predicted octanol–water partition coefficient (Wildman–Crippen LogP) is 1.24. The highest BCUT2D eigenvalue weighted by molar-refractivity contribution is 7.99. The number of hydrogen-bond acceptors (Lipinski definition) is 3. The summed E-state index contributed by atoms with van der Waals surface area (Å²) >= 11 is 1.92. The smallest absolute Gasteiger partial charge is 0.221 e. The molecule has 4 heteroatoms. The lowest BCUT2D eigenvalue weighted by Gasteiger charge is -2.12. The summed E-state index contributed by atoms with van der Waals surface area (Å²) in [6.45, 7) is 7.75. The molecular weight excluding hydrogens is 196 g/mol. The molecule has 0 aromatic carbocycles. The maximum Gasteiger partial charge on any atom is 0.221 e. The fourth-order valence-electron chi connectivity index (χ4n) is 1.07. The molecule has 1 atom stereocenters. The third kappa shape index (κ3) is 8.38. The van der Waals surface area contributed by atoms with Gasteiger partial charge in [0.05, 0.1) is 0 Å². The number of carbonyl (C=O) groups excluding carboxylic acids is 1. The summed E-state index contributed by atoms with van der Waals surface area (Å²) in [5.74, 6) is 2.41. The molecule has 1 unspecified atom stereocenters. The number of thioether (sulfide) groups is 1. The first-order chi connectivity index (χ1) is 6.70. The van der Waals surface area contributed by atoms with Crippen molar-refractivity contribution in [1.29, 1.82) is 0 Å². The largest absolute Gasteiger partial charge is 0.356 e. The highest BCUT2D eigenvalue weighted by atomic mass is 32.2. The fourth-order valence-corrected chi connectivity index (χ4v) is 1.78. The van der Waals surface area contributed by atoms with E-state index in [0.717, 1.165) is 24.6 Å². The van der Waals surface area contributed by atoms with Crippen LogP contribution in [0.1, 0.15) is 27.2 Å². The van der Waals surface area contributed by atoms with E-state index in [1.54, 1.807) is 0 Å². The van der Waals surface area contributed by atoms with E-state index in [1.165, 1.54) is 0 Å². The summed E-state index contributed by atoms with van der Waals surface area (Å²) < 4.78 is 0. The van der Waals surface area contributed by atoms with E-state index in [0.29, 0.717) is 12.5 Å². The van der Waals surface area contributed by atoms with Crippen molar-refractivity contribution in [2.24, 2.45) is 0 Å². The topological polar surface area (TPSA) is 41.1 Å². The summed E-state index contributed by atoms with van der Waals surface area (Å²) in [5, 5.41) is 6.10. The van der Waals surface area contributed by atoms with Gasteiger partial charge in [-0.2, -0.15) is 11.8 Å². The van der Waals surface area contributed by atoms with Gasteiger partial charge >= 0.3 is 0 Å². The molecule has 0 aliphatic carbocycles. The van der Waals surface area contributed by atoms with Crippen LogP contribution >= 0.6 is 11.8 Å². The average Bonchev–Trinajstić information content (AvgIpc) is 2.15. The maximum atomic E-state index is 11.1. The summed E-state index contributed by atoms with van der Waals surface area (Å²) in [7, 11) is 0. The highest BCUT2D eigenvalue weighted by Gasteiger charge is 2.02. The van der Waals surface area contributed by atoms with Crippen LogP contribution in [0.5, 0.6) is 0 Å². The van der Waals surface area contributed by atoms with Crippen LogP contribution in [0.2, 0.25) is 0 Å². The maximum absolute atomic E-state index is 11.1. The molecule has 0 saturated carbocycles. The Morgan fingerprint density at radius 3 is 2.71 bits per heavy atom. The number of amides is 1. The van der Waals surface area contributed by atoms with E-state index in [1.807, 2.05) is 18.7 Å². The number of rotatable bonds is 8. The van der Waals surface area contributed by atoms with Gasteiger partial charge in [0.2, 0.25) is 5.91 Å². The molecule has 0 rings (SSSR count). The van der Waals surface area contributed by atoms with Crippen molar-refractivity contribution in [3.8, 4) is 0 Å². The molecule has 0 aliphatic heterocycles. The van der Waals surface area contributed by atoms with Gasteiger partial charge in [0.15, 0.2) is 0 Å². The van der Waals surface area contributed by atoms with Crippen molar-refractivity contribution in [3.05, 3.63) is 0 Å². The lowest BCUT2D eigenvalue weighted by molar-refractivity contribution is -0.120. The summed E-state index contributed by atoms with van der Waals surface area (Å²) in [5.41, 5.74) is 0. The normalized spacial score (nSPS) is 12.5. The Morgan fingerprint density at radius 1 is 1.43 bits per heavy atom.